The Balaban J connectivity index is 2.15. The standard InChI is InChI=1S/C15H22N2O2/c1-2-3-9-17(12-7-5-4-6-8-12)15(18)13-10-19-11-14(13)16/h4-8,13-14H,2-3,9-11,16H2,1H3. The fraction of sp³-hybridized carbons (Fsp3) is 0.533. The van der Waals surface area contributed by atoms with Gasteiger partial charge in [-0.1, -0.05) is 31.5 Å². The van der Waals surface area contributed by atoms with Crippen LogP contribution in [0.15, 0.2) is 30.3 Å². The maximum absolute atomic E-state index is 12.6. The van der Waals surface area contributed by atoms with E-state index in [1.807, 2.05) is 35.2 Å². The topological polar surface area (TPSA) is 55.6 Å². The molecule has 1 saturated heterocycles. The number of hydrogen-bond donors (Lipinski definition) is 1. The minimum Gasteiger partial charge on any atom is -0.379 e. The Kier molecular flexibility index (Phi) is 4.93. The van der Waals surface area contributed by atoms with Gasteiger partial charge in [-0.15, -0.1) is 0 Å². The molecule has 2 unspecified atom stereocenters. The predicted octanol–water partition coefficient (Wildman–Crippen LogP) is 1.79. The molecule has 1 aromatic rings. The fourth-order valence-electron chi connectivity index (χ4n) is 2.32. The summed E-state index contributed by atoms with van der Waals surface area (Å²) in [4.78, 5) is 14.5. The van der Waals surface area contributed by atoms with E-state index in [1.54, 1.807) is 0 Å². The second-order valence-electron chi connectivity index (χ2n) is 4.99. The van der Waals surface area contributed by atoms with Crippen molar-refractivity contribution < 1.29 is 9.53 Å². The van der Waals surface area contributed by atoms with Crippen LogP contribution in [0.25, 0.3) is 0 Å². The molecule has 0 aromatic heterocycles. The Hall–Kier alpha value is -1.39. The quantitative estimate of drug-likeness (QED) is 0.880. The summed E-state index contributed by atoms with van der Waals surface area (Å²) < 4.78 is 5.31. The first kappa shape index (κ1) is 14.0. The zero-order valence-corrected chi connectivity index (χ0v) is 11.4. The molecule has 1 aliphatic heterocycles. The van der Waals surface area contributed by atoms with Crippen LogP contribution in [0.2, 0.25) is 0 Å². The molecule has 0 saturated carbocycles. The van der Waals surface area contributed by atoms with Crippen molar-refractivity contribution in [1.29, 1.82) is 0 Å². The molecule has 0 radical (unpaired) electrons. The molecule has 1 amide bonds. The van der Waals surface area contributed by atoms with E-state index in [4.69, 9.17) is 10.5 Å². The van der Waals surface area contributed by atoms with Gasteiger partial charge in [-0.3, -0.25) is 4.79 Å². The average Bonchev–Trinajstić information content (AvgIpc) is 2.86. The highest BCUT2D eigenvalue weighted by molar-refractivity contribution is 5.95. The summed E-state index contributed by atoms with van der Waals surface area (Å²) >= 11 is 0. The van der Waals surface area contributed by atoms with Crippen molar-refractivity contribution in [3.63, 3.8) is 0 Å². The van der Waals surface area contributed by atoms with Crippen molar-refractivity contribution in [2.24, 2.45) is 11.7 Å². The number of benzene rings is 1. The van der Waals surface area contributed by atoms with Crippen LogP contribution in [0.1, 0.15) is 19.8 Å². The first-order chi connectivity index (χ1) is 9.24. The molecular formula is C15H22N2O2. The van der Waals surface area contributed by atoms with Crippen LogP contribution in [0.4, 0.5) is 5.69 Å². The van der Waals surface area contributed by atoms with E-state index in [0.717, 1.165) is 25.1 Å². The minimum absolute atomic E-state index is 0.0876. The van der Waals surface area contributed by atoms with Crippen LogP contribution in [0.3, 0.4) is 0 Å². The Labute approximate surface area is 114 Å². The molecule has 1 aliphatic rings. The van der Waals surface area contributed by atoms with Gasteiger partial charge in [0, 0.05) is 18.3 Å². The number of nitrogens with zero attached hydrogens (tertiary/aromatic N) is 1. The first-order valence-corrected chi connectivity index (χ1v) is 6.93. The number of carbonyl (C=O) groups is 1. The number of para-hydroxylation sites is 1. The first-order valence-electron chi connectivity index (χ1n) is 6.93. The van der Waals surface area contributed by atoms with Crippen LogP contribution in [0.5, 0.6) is 0 Å². The van der Waals surface area contributed by atoms with Crippen LogP contribution in [0, 0.1) is 5.92 Å². The third kappa shape index (κ3) is 3.33. The van der Waals surface area contributed by atoms with Gasteiger partial charge in [0.15, 0.2) is 0 Å². The highest BCUT2D eigenvalue weighted by Crippen LogP contribution is 2.21. The van der Waals surface area contributed by atoms with E-state index in [-0.39, 0.29) is 17.9 Å². The maximum atomic E-state index is 12.6. The lowest BCUT2D eigenvalue weighted by atomic mass is 10.0. The van der Waals surface area contributed by atoms with Gasteiger partial charge in [-0.05, 0) is 18.6 Å². The van der Waals surface area contributed by atoms with E-state index in [9.17, 15) is 4.79 Å². The lowest BCUT2D eigenvalue weighted by Gasteiger charge is -2.26. The normalized spacial score (nSPS) is 22.4. The smallest absolute Gasteiger partial charge is 0.234 e. The van der Waals surface area contributed by atoms with Crippen molar-refractivity contribution in [3.05, 3.63) is 30.3 Å². The minimum atomic E-state index is -0.211. The number of hydrogen-bond acceptors (Lipinski definition) is 3. The highest BCUT2D eigenvalue weighted by Gasteiger charge is 2.34. The predicted molar refractivity (Wildman–Crippen MR) is 76.0 cm³/mol. The molecular weight excluding hydrogens is 240 g/mol. The van der Waals surface area contributed by atoms with Gasteiger partial charge in [0.1, 0.15) is 0 Å². The second-order valence-corrected chi connectivity index (χ2v) is 4.99. The van der Waals surface area contributed by atoms with Crippen LogP contribution >= 0.6 is 0 Å². The van der Waals surface area contributed by atoms with Gasteiger partial charge in [0.2, 0.25) is 5.91 Å². The fourth-order valence-corrected chi connectivity index (χ4v) is 2.32. The van der Waals surface area contributed by atoms with Crippen molar-refractivity contribution in [2.45, 2.75) is 25.8 Å². The molecule has 2 N–H and O–H groups in total. The molecule has 1 heterocycles. The van der Waals surface area contributed by atoms with Gasteiger partial charge in [-0.2, -0.15) is 0 Å². The molecule has 1 fully saturated rings. The van der Waals surface area contributed by atoms with E-state index < -0.39 is 0 Å². The van der Waals surface area contributed by atoms with Crippen molar-refractivity contribution in [3.8, 4) is 0 Å². The zero-order chi connectivity index (χ0) is 13.7. The Morgan fingerprint density at radius 3 is 2.68 bits per heavy atom. The molecule has 4 nitrogen and oxygen atoms in total. The van der Waals surface area contributed by atoms with Crippen molar-refractivity contribution in [2.75, 3.05) is 24.7 Å². The molecule has 0 aliphatic carbocycles. The molecule has 2 atom stereocenters. The van der Waals surface area contributed by atoms with Gasteiger partial charge in [0.25, 0.3) is 0 Å². The van der Waals surface area contributed by atoms with Gasteiger partial charge < -0.3 is 15.4 Å². The van der Waals surface area contributed by atoms with Gasteiger partial charge in [0.05, 0.1) is 19.1 Å². The van der Waals surface area contributed by atoms with Crippen LogP contribution in [-0.2, 0) is 9.53 Å². The molecule has 104 valence electrons. The number of anilines is 1. The van der Waals surface area contributed by atoms with Gasteiger partial charge >= 0.3 is 0 Å². The summed E-state index contributed by atoms with van der Waals surface area (Å²) in [5.74, 6) is -0.123. The maximum Gasteiger partial charge on any atom is 0.234 e. The summed E-state index contributed by atoms with van der Waals surface area (Å²) in [6, 6.07) is 9.61. The number of rotatable bonds is 5. The summed E-state index contributed by atoms with van der Waals surface area (Å²) in [5.41, 5.74) is 6.90. The van der Waals surface area contributed by atoms with E-state index in [2.05, 4.69) is 6.92 Å². The lowest BCUT2D eigenvalue weighted by Crippen LogP contribution is -2.44. The molecule has 19 heavy (non-hydrogen) atoms. The summed E-state index contributed by atoms with van der Waals surface area (Å²) in [6.07, 6.45) is 2.05. The molecule has 1 aromatic carbocycles. The van der Waals surface area contributed by atoms with E-state index in [0.29, 0.717) is 13.2 Å². The average molecular weight is 262 g/mol. The Morgan fingerprint density at radius 2 is 2.11 bits per heavy atom. The second kappa shape index (κ2) is 6.68. The molecule has 2 rings (SSSR count). The Bertz CT molecular complexity index is 408. The van der Waals surface area contributed by atoms with Crippen LogP contribution in [-0.4, -0.2) is 31.7 Å². The van der Waals surface area contributed by atoms with Crippen LogP contribution < -0.4 is 10.6 Å². The SMILES string of the molecule is CCCCN(C(=O)C1COCC1N)c1ccccc1. The number of amides is 1. The number of nitrogens with two attached hydrogens (primary N) is 1. The summed E-state index contributed by atoms with van der Waals surface area (Å²) in [6.45, 7) is 3.78. The van der Waals surface area contributed by atoms with Crippen molar-refractivity contribution in [1.82, 2.24) is 0 Å². The number of unbranched alkanes of at least 4 members (excludes halogenated alkanes) is 1. The number of carbonyl (C=O) groups excluding carboxylic acids is 1. The zero-order valence-electron chi connectivity index (χ0n) is 11.4. The van der Waals surface area contributed by atoms with Gasteiger partial charge in [-0.25, -0.2) is 0 Å². The largest absolute Gasteiger partial charge is 0.379 e. The summed E-state index contributed by atoms with van der Waals surface area (Å²) in [7, 11) is 0. The summed E-state index contributed by atoms with van der Waals surface area (Å²) in [5, 5.41) is 0. The third-order valence-electron chi connectivity index (χ3n) is 3.51. The van der Waals surface area contributed by atoms with E-state index >= 15 is 0 Å². The molecule has 0 spiro atoms. The van der Waals surface area contributed by atoms with E-state index in [1.165, 1.54) is 0 Å². The molecule has 4 heteroatoms. The monoisotopic (exact) mass is 262 g/mol. The lowest BCUT2D eigenvalue weighted by molar-refractivity contribution is -0.122. The highest BCUT2D eigenvalue weighted by atomic mass is 16.5. The third-order valence-corrected chi connectivity index (χ3v) is 3.51. The van der Waals surface area contributed by atoms with Crippen molar-refractivity contribution >= 4 is 11.6 Å². The number of ether oxygens (including phenoxy) is 1. The Morgan fingerprint density at radius 1 is 1.37 bits per heavy atom. The molecule has 0 bridgehead atoms.